The number of benzene rings is 2. The molecule has 3 nitrogen and oxygen atoms in total. The molecule has 0 heterocycles. The molecule has 0 bridgehead atoms. The normalized spacial score (nSPS) is 10.2. The van der Waals surface area contributed by atoms with Crippen LogP contribution in [0.25, 0.3) is 0 Å². The van der Waals surface area contributed by atoms with Crippen LogP contribution < -0.4 is 4.74 Å². The maximum atomic E-state index is 13.0. The van der Waals surface area contributed by atoms with E-state index in [2.05, 4.69) is 15.9 Å². The predicted octanol–water partition coefficient (Wildman–Crippen LogP) is 3.95. The van der Waals surface area contributed by atoms with Gasteiger partial charge in [-0.2, -0.15) is 0 Å². The lowest BCUT2D eigenvalue weighted by Crippen LogP contribution is -2.07. The summed E-state index contributed by atoms with van der Waals surface area (Å²) in [7, 11) is 1.33. The maximum Gasteiger partial charge on any atom is 0.338 e. The number of hydrogen-bond acceptors (Lipinski definition) is 3. The third-order valence-corrected chi connectivity index (χ3v) is 3.32. The smallest absolute Gasteiger partial charge is 0.338 e. The minimum Gasteiger partial charge on any atom is -0.488 e. The van der Waals surface area contributed by atoms with Crippen molar-refractivity contribution in [3.63, 3.8) is 0 Å². The molecule has 0 aromatic heterocycles. The van der Waals surface area contributed by atoms with Gasteiger partial charge >= 0.3 is 5.97 Å². The number of carbonyl (C=O) groups is 1. The lowest BCUT2D eigenvalue weighted by atomic mass is 10.1. The fraction of sp³-hybridized carbons (Fsp3) is 0.133. The molecular weight excluding hydrogens is 327 g/mol. The topological polar surface area (TPSA) is 35.5 Å². The minimum absolute atomic E-state index is 0.190. The first-order valence-electron chi connectivity index (χ1n) is 5.86. The summed E-state index contributed by atoms with van der Waals surface area (Å²) < 4.78 is 23.8. The highest BCUT2D eigenvalue weighted by atomic mass is 79.9. The second-order valence-corrected chi connectivity index (χ2v) is 4.87. The SMILES string of the molecule is COC(=O)c1ccccc1COc1ccc(F)cc1Br. The Kier molecular flexibility index (Phi) is 4.74. The van der Waals surface area contributed by atoms with Gasteiger partial charge in [0.1, 0.15) is 18.2 Å². The van der Waals surface area contributed by atoms with Crippen molar-refractivity contribution in [1.29, 1.82) is 0 Å². The van der Waals surface area contributed by atoms with Crippen LogP contribution in [0.3, 0.4) is 0 Å². The van der Waals surface area contributed by atoms with E-state index in [1.54, 1.807) is 18.2 Å². The summed E-state index contributed by atoms with van der Waals surface area (Å²) in [5.41, 5.74) is 1.16. The average Bonchev–Trinajstić information content (AvgIpc) is 2.46. The first kappa shape index (κ1) is 14.5. The van der Waals surface area contributed by atoms with Crippen LogP contribution in [-0.2, 0) is 11.3 Å². The summed E-state index contributed by atoms with van der Waals surface area (Å²) in [4.78, 5) is 11.6. The largest absolute Gasteiger partial charge is 0.488 e. The highest BCUT2D eigenvalue weighted by molar-refractivity contribution is 9.10. The molecule has 0 unspecified atom stereocenters. The molecule has 0 aliphatic carbocycles. The van der Waals surface area contributed by atoms with Crippen LogP contribution in [-0.4, -0.2) is 13.1 Å². The lowest BCUT2D eigenvalue weighted by molar-refractivity contribution is 0.0597. The molecule has 0 saturated carbocycles. The highest BCUT2D eigenvalue weighted by Crippen LogP contribution is 2.26. The van der Waals surface area contributed by atoms with E-state index in [0.717, 1.165) is 0 Å². The Labute approximate surface area is 124 Å². The average molecular weight is 339 g/mol. The zero-order valence-electron chi connectivity index (χ0n) is 10.7. The Balaban J connectivity index is 2.17. The van der Waals surface area contributed by atoms with Gasteiger partial charge in [-0.05, 0) is 40.2 Å². The van der Waals surface area contributed by atoms with Crippen LogP contribution in [0.5, 0.6) is 5.75 Å². The molecule has 0 fully saturated rings. The molecule has 0 saturated heterocycles. The summed E-state index contributed by atoms with van der Waals surface area (Å²) in [6, 6.07) is 11.2. The molecule has 2 aromatic carbocycles. The zero-order chi connectivity index (χ0) is 14.5. The van der Waals surface area contributed by atoms with E-state index < -0.39 is 5.97 Å². The van der Waals surface area contributed by atoms with Crippen LogP contribution in [0.4, 0.5) is 4.39 Å². The monoisotopic (exact) mass is 338 g/mol. The fourth-order valence-corrected chi connectivity index (χ4v) is 2.17. The molecule has 0 aliphatic heterocycles. The van der Waals surface area contributed by atoms with Crippen molar-refractivity contribution in [1.82, 2.24) is 0 Å². The van der Waals surface area contributed by atoms with Gasteiger partial charge in [0.25, 0.3) is 0 Å². The zero-order valence-corrected chi connectivity index (χ0v) is 12.3. The first-order valence-corrected chi connectivity index (χ1v) is 6.65. The summed E-state index contributed by atoms with van der Waals surface area (Å²) in [6.45, 7) is 0.190. The number of rotatable bonds is 4. The van der Waals surface area contributed by atoms with Gasteiger partial charge in [-0.25, -0.2) is 9.18 Å². The van der Waals surface area contributed by atoms with Crippen LogP contribution in [0.2, 0.25) is 0 Å². The van der Waals surface area contributed by atoms with Crippen LogP contribution in [0.15, 0.2) is 46.9 Å². The van der Waals surface area contributed by atoms with E-state index in [4.69, 9.17) is 9.47 Å². The maximum absolute atomic E-state index is 13.0. The molecule has 2 rings (SSSR count). The van der Waals surface area contributed by atoms with Crippen molar-refractivity contribution >= 4 is 21.9 Å². The van der Waals surface area contributed by atoms with Crippen LogP contribution in [0.1, 0.15) is 15.9 Å². The van der Waals surface area contributed by atoms with Gasteiger partial charge in [-0.1, -0.05) is 18.2 Å². The first-order chi connectivity index (χ1) is 9.61. The molecular formula is C15H12BrFO3. The second-order valence-electron chi connectivity index (χ2n) is 4.01. The van der Waals surface area contributed by atoms with Crippen molar-refractivity contribution in [3.8, 4) is 5.75 Å². The number of hydrogen-bond donors (Lipinski definition) is 0. The van der Waals surface area contributed by atoms with Crippen LogP contribution in [0, 0.1) is 5.82 Å². The standard InChI is InChI=1S/C15H12BrFO3/c1-19-15(18)12-5-3-2-4-10(12)9-20-14-7-6-11(17)8-13(14)16/h2-8H,9H2,1H3. The number of carbonyl (C=O) groups excluding carboxylic acids is 1. The summed E-state index contributed by atoms with van der Waals surface area (Å²) >= 11 is 3.23. The summed E-state index contributed by atoms with van der Waals surface area (Å²) in [5.74, 6) is -0.257. The van der Waals surface area contributed by atoms with Crippen molar-refractivity contribution in [2.24, 2.45) is 0 Å². The minimum atomic E-state index is -0.414. The van der Waals surface area contributed by atoms with Gasteiger partial charge in [0, 0.05) is 5.56 Å². The van der Waals surface area contributed by atoms with Gasteiger partial charge in [0.15, 0.2) is 0 Å². The van der Waals surface area contributed by atoms with Gasteiger partial charge in [-0.15, -0.1) is 0 Å². The molecule has 2 aromatic rings. The van der Waals surface area contributed by atoms with E-state index in [-0.39, 0.29) is 12.4 Å². The molecule has 0 spiro atoms. The Bertz CT molecular complexity index is 628. The van der Waals surface area contributed by atoms with Crippen LogP contribution >= 0.6 is 15.9 Å². The molecule has 5 heteroatoms. The van der Waals surface area contributed by atoms with Gasteiger partial charge in [0.05, 0.1) is 17.1 Å². The van der Waals surface area contributed by atoms with E-state index in [0.29, 0.717) is 21.3 Å². The fourth-order valence-electron chi connectivity index (χ4n) is 1.70. The third kappa shape index (κ3) is 3.36. The lowest BCUT2D eigenvalue weighted by Gasteiger charge is -2.11. The van der Waals surface area contributed by atoms with Crippen molar-refractivity contribution in [3.05, 3.63) is 63.9 Å². The summed E-state index contributed by atoms with van der Waals surface area (Å²) in [6.07, 6.45) is 0. The number of methoxy groups -OCH3 is 1. The molecule has 0 radical (unpaired) electrons. The summed E-state index contributed by atoms with van der Waals surface area (Å²) in [5, 5.41) is 0. The highest BCUT2D eigenvalue weighted by Gasteiger charge is 2.12. The molecule has 0 aliphatic rings. The Morgan fingerprint density at radius 3 is 2.70 bits per heavy atom. The molecule has 0 amide bonds. The Morgan fingerprint density at radius 2 is 2.00 bits per heavy atom. The van der Waals surface area contributed by atoms with E-state index >= 15 is 0 Å². The van der Waals surface area contributed by atoms with Crippen molar-refractivity contribution in [2.75, 3.05) is 7.11 Å². The van der Waals surface area contributed by atoms with E-state index in [1.165, 1.54) is 25.3 Å². The quantitative estimate of drug-likeness (QED) is 0.791. The Hall–Kier alpha value is -1.88. The predicted molar refractivity (Wildman–Crippen MR) is 76.2 cm³/mol. The van der Waals surface area contributed by atoms with Crippen molar-refractivity contribution < 1.29 is 18.7 Å². The third-order valence-electron chi connectivity index (χ3n) is 2.70. The van der Waals surface area contributed by atoms with E-state index in [1.807, 2.05) is 6.07 Å². The van der Waals surface area contributed by atoms with Gasteiger partial charge in [-0.3, -0.25) is 0 Å². The van der Waals surface area contributed by atoms with Crippen molar-refractivity contribution in [2.45, 2.75) is 6.61 Å². The molecule has 20 heavy (non-hydrogen) atoms. The number of halogens is 2. The molecule has 0 atom stereocenters. The Morgan fingerprint density at radius 1 is 1.25 bits per heavy atom. The molecule has 104 valence electrons. The van der Waals surface area contributed by atoms with E-state index in [9.17, 15) is 9.18 Å². The second kappa shape index (κ2) is 6.52. The number of esters is 1. The molecule has 0 N–H and O–H groups in total. The van der Waals surface area contributed by atoms with Gasteiger partial charge in [0.2, 0.25) is 0 Å². The number of ether oxygens (including phenoxy) is 2. The van der Waals surface area contributed by atoms with Gasteiger partial charge < -0.3 is 9.47 Å².